The van der Waals surface area contributed by atoms with Crippen LogP contribution in [0.3, 0.4) is 0 Å². The average molecular weight is 189 g/mol. The predicted molar refractivity (Wildman–Crippen MR) is 45.6 cm³/mol. The van der Waals surface area contributed by atoms with Crippen LogP contribution in [0.15, 0.2) is 0 Å². The van der Waals surface area contributed by atoms with Gasteiger partial charge >= 0.3 is 6.09 Å². The van der Waals surface area contributed by atoms with Gasteiger partial charge in [0.15, 0.2) is 0 Å². The Balaban J connectivity index is 2.25. The normalized spacial score (nSPS) is 24.2. The van der Waals surface area contributed by atoms with Crippen molar-refractivity contribution in [2.75, 3.05) is 19.8 Å². The highest BCUT2D eigenvalue weighted by Gasteiger charge is 2.21. The van der Waals surface area contributed by atoms with Crippen LogP contribution in [0.4, 0.5) is 4.79 Å². The molecule has 0 aromatic rings. The maximum absolute atomic E-state index is 10.3. The number of nitrogens with one attached hydrogen (secondary N) is 1. The Morgan fingerprint density at radius 1 is 1.69 bits per heavy atom. The highest BCUT2D eigenvalue weighted by atomic mass is 16.5. The SMILES string of the molecule is O=C(O)N[C@H](CO)CC1CCOC1. The molecule has 0 spiro atoms. The van der Waals surface area contributed by atoms with Gasteiger partial charge < -0.3 is 20.3 Å². The molecule has 1 fully saturated rings. The van der Waals surface area contributed by atoms with Crippen molar-refractivity contribution in [2.24, 2.45) is 5.92 Å². The lowest BCUT2D eigenvalue weighted by Crippen LogP contribution is -2.38. The van der Waals surface area contributed by atoms with Crippen LogP contribution in [0, 0.1) is 5.92 Å². The molecule has 0 aromatic heterocycles. The molecule has 1 amide bonds. The van der Waals surface area contributed by atoms with Crippen LogP contribution >= 0.6 is 0 Å². The summed E-state index contributed by atoms with van der Waals surface area (Å²) in [5.41, 5.74) is 0. The van der Waals surface area contributed by atoms with Crippen LogP contribution in [-0.2, 0) is 4.74 Å². The molecule has 1 aliphatic rings. The van der Waals surface area contributed by atoms with Crippen molar-refractivity contribution >= 4 is 6.09 Å². The molecule has 1 unspecified atom stereocenters. The Bertz CT molecular complexity index is 168. The first-order chi connectivity index (χ1) is 6.22. The third kappa shape index (κ3) is 3.61. The van der Waals surface area contributed by atoms with Gasteiger partial charge in [0.1, 0.15) is 0 Å². The largest absolute Gasteiger partial charge is 0.465 e. The molecule has 1 saturated heterocycles. The summed E-state index contributed by atoms with van der Waals surface area (Å²) in [6, 6.07) is -0.357. The third-order valence-corrected chi connectivity index (χ3v) is 2.19. The van der Waals surface area contributed by atoms with Gasteiger partial charge in [-0.25, -0.2) is 4.79 Å². The number of aliphatic hydroxyl groups excluding tert-OH is 1. The maximum Gasteiger partial charge on any atom is 0.404 e. The number of rotatable bonds is 4. The molecule has 0 aliphatic carbocycles. The van der Waals surface area contributed by atoms with E-state index in [4.69, 9.17) is 14.9 Å². The summed E-state index contributed by atoms with van der Waals surface area (Å²) in [6.07, 6.45) is 0.526. The second-order valence-corrected chi connectivity index (χ2v) is 3.29. The quantitative estimate of drug-likeness (QED) is 0.583. The molecule has 2 atom stereocenters. The predicted octanol–water partition coefficient (Wildman–Crippen LogP) is 0.0415. The molecule has 1 aliphatic heterocycles. The van der Waals surface area contributed by atoms with Crippen molar-refractivity contribution in [3.05, 3.63) is 0 Å². The second kappa shape index (κ2) is 5.04. The zero-order chi connectivity index (χ0) is 9.68. The van der Waals surface area contributed by atoms with Crippen LogP contribution in [0.5, 0.6) is 0 Å². The minimum absolute atomic E-state index is 0.150. The molecular formula is C8H15NO4. The summed E-state index contributed by atoms with van der Waals surface area (Å²) in [4.78, 5) is 10.3. The summed E-state index contributed by atoms with van der Waals surface area (Å²) in [6.45, 7) is 1.27. The van der Waals surface area contributed by atoms with E-state index in [-0.39, 0.29) is 12.6 Å². The van der Waals surface area contributed by atoms with Gasteiger partial charge in [-0.15, -0.1) is 0 Å². The van der Waals surface area contributed by atoms with E-state index in [2.05, 4.69) is 5.32 Å². The topological polar surface area (TPSA) is 78.8 Å². The number of hydrogen-bond acceptors (Lipinski definition) is 3. The first kappa shape index (κ1) is 10.3. The Labute approximate surface area is 76.7 Å². The van der Waals surface area contributed by atoms with E-state index in [0.29, 0.717) is 18.9 Å². The number of aliphatic hydroxyl groups is 1. The first-order valence-corrected chi connectivity index (χ1v) is 4.40. The van der Waals surface area contributed by atoms with E-state index in [1.165, 1.54) is 0 Å². The molecular weight excluding hydrogens is 174 g/mol. The number of carboxylic acid groups (broad SMARTS) is 1. The van der Waals surface area contributed by atoms with E-state index in [9.17, 15) is 4.79 Å². The summed E-state index contributed by atoms with van der Waals surface area (Å²) in [5, 5.41) is 19.6. The van der Waals surface area contributed by atoms with Crippen molar-refractivity contribution in [3.63, 3.8) is 0 Å². The average Bonchev–Trinajstić information content (AvgIpc) is 2.55. The number of amides is 1. The van der Waals surface area contributed by atoms with Crippen molar-refractivity contribution < 1.29 is 19.7 Å². The van der Waals surface area contributed by atoms with Gasteiger partial charge in [0.25, 0.3) is 0 Å². The van der Waals surface area contributed by atoms with Crippen molar-refractivity contribution in [2.45, 2.75) is 18.9 Å². The lowest BCUT2D eigenvalue weighted by molar-refractivity contribution is 0.160. The molecule has 5 heteroatoms. The van der Waals surface area contributed by atoms with Gasteiger partial charge in [-0.1, -0.05) is 0 Å². The number of ether oxygens (including phenoxy) is 1. The molecule has 0 aromatic carbocycles. The van der Waals surface area contributed by atoms with Gasteiger partial charge in [-0.2, -0.15) is 0 Å². The maximum atomic E-state index is 10.3. The van der Waals surface area contributed by atoms with Crippen LogP contribution < -0.4 is 5.32 Å². The summed E-state index contributed by atoms with van der Waals surface area (Å²) < 4.78 is 5.15. The Hall–Kier alpha value is -0.810. The lowest BCUT2D eigenvalue weighted by Gasteiger charge is -2.16. The monoisotopic (exact) mass is 189 g/mol. The van der Waals surface area contributed by atoms with E-state index in [1.54, 1.807) is 0 Å². The molecule has 3 N–H and O–H groups in total. The molecule has 5 nitrogen and oxygen atoms in total. The standard InChI is InChI=1S/C8H15NO4/c10-4-7(9-8(11)12)3-6-1-2-13-5-6/h6-7,9-10H,1-5H2,(H,11,12)/t6?,7-/m0/s1. The number of hydrogen-bond donors (Lipinski definition) is 3. The fourth-order valence-electron chi connectivity index (χ4n) is 1.53. The molecule has 0 bridgehead atoms. The zero-order valence-corrected chi connectivity index (χ0v) is 7.40. The molecule has 13 heavy (non-hydrogen) atoms. The van der Waals surface area contributed by atoms with Crippen molar-refractivity contribution in [1.29, 1.82) is 0 Å². The Morgan fingerprint density at radius 2 is 2.46 bits per heavy atom. The molecule has 76 valence electrons. The summed E-state index contributed by atoms with van der Waals surface area (Å²) >= 11 is 0. The fraction of sp³-hybridized carbons (Fsp3) is 0.875. The van der Waals surface area contributed by atoms with Gasteiger partial charge in [0, 0.05) is 13.2 Å². The van der Waals surface area contributed by atoms with Crippen molar-refractivity contribution in [3.8, 4) is 0 Å². The summed E-state index contributed by atoms with van der Waals surface area (Å²) in [5.74, 6) is 0.379. The highest BCUT2D eigenvalue weighted by Crippen LogP contribution is 2.17. The van der Waals surface area contributed by atoms with Crippen molar-refractivity contribution in [1.82, 2.24) is 5.32 Å². The van der Waals surface area contributed by atoms with E-state index in [1.807, 2.05) is 0 Å². The highest BCUT2D eigenvalue weighted by molar-refractivity contribution is 5.64. The molecule has 0 radical (unpaired) electrons. The van der Waals surface area contributed by atoms with E-state index >= 15 is 0 Å². The van der Waals surface area contributed by atoms with Crippen LogP contribution in [-0.4, -0.2) is 42.2 Å². The molecule has 1 heterocycles. The third-order valence-electron chi connectivity index (χ3n) is 2.19. The second-order valence-electron chi connectivity index (χ2n) is 3.29. The van der Waals surface area contributed by atoms with E-state index in [0.717, 1.165) is 13.0 Å². The Morgan fingerprint density at radius 3 is 2.92 bits per heavy atom. The minimum Gasteiger partial charge on any atom is -0.465 e. The van der Waals surface area contributed by atoms with Crippen LogP contribution in [0.25, 0.3) is 0 Å². The van der Waals surface area contributed by atoms with Gasteiger partial charge in [0.05, 0.1) is 12.6 Å². The Kier molecular flexibility index (Phi) is 3.98. The molecule has 0 saturated carbocycles. The lowest BCUT2D eigenvalue weighted by atomic mass is 10.00. The smallest absolute Gasteiger partial charge is 0.404 e. The molecule has 1 rings (SSSR count). The van der Waals surface area contributed by atoms with Crippen LogP contribution in [0.2, 0.25) is 0 Å². The minimum atomic E-state index is -1.09. The number of carbonyl (C=O) groups is 1. The van der Waals surface area contributed by atoms with Gasteiger partial charge in [-0.05, 0) is 18.8 Å². The zero-order valence-electron chi connectivity index (χ0n) is 7.40. The van der Waals surface area contributed by atoms with E-state index < -0.39 is 6.09 Å². The van der Waals surface area contributed by atoms with Gasteiger partial charge in [-0.3, -0.25) is 0 Å². The van der Waals surface area contributed by atoms with Gasteiger partial charge in [0.2, 0.25) is 0 Å². The summed E-state index contributed by atoms with van der Waals surface area (Å²) in [7, 11) is 0. The van der Waals surface area contributed by atoms with Crippen LogP contribution in [0.1, 0.15) is 12.8 Å². The first-order valence-electron chi connectivity index (χ1n) is 4.40. The fourth-order valence-corrected chi connectivity index (χ4v) is 1.53.